The lowest BCUT2D eigenvalue weighted by molar-refractivity contribution is 0.0601. The molecule has 19 heavy (non-hydrogen) atoms. The number of esters is 1. The van der Waals surface area contributed by atoms with E-state index in [-0.39, 0.29) is 11.3 Å². The molecule has 0 atom stereocenters. The average Bonchev–Trinajstić information content (AvgIpc) is 2.44. The first kappa shape index (κ1) is 13.0. The zero-order valence-corrected chi connectivity index (χ0v) is 10.1. The lowest BCUT2D eigenvalue weighted by Crippen LogP contribution is -2.01. The minimum absolute atomic E-state index is 0.0862. The molecule has 5 heteroatoms. The van der Waals surface area contributed by atoms with Gasteiger partial charge in [0, 0.05) is 5.56 Å². The van der Waals surface area contributed by atoms with Crippen molar-refractivity contribution in [2.24, 2.45) is 0 Å². The van der Waals surface area contributed by atoms with E-state index >= 15 is 0 Å². The second-order valence-corrected chi connectivity index (χ2v) is 3.90. The van der Waals surface area contributed by atoms with Crippen molar-refractivity contribution < 1.29 is 18.3 Å². The molecule has 0 bridgehead atoms. The highest BCUT2D eigenvalue weighted by Gasteiger charge is 2.13. The van der Waals surface area contributed by atoms with Gasteiger partial charge < -0.3 is 10.5 Å². The molecule has 98 valence electrons. The number of hydrogen-bond donors (Lipinski definition) is 1. The van der Waals surface area contributed by atoms with Gasteiger partial charge in [0.2, 0.25) is 0 Å². The van der Waals surface area contributed by atoms with Crippen molar-refractivity contribution in [1.82, 2.24) is 0 Å². The number of methoxy groups -OCH3 is 1. The zero-order chi connectivity index (χ0) is 14.0. The number of hydrogen-bond acceptors (Lipinski definition) is 3. The minimum atomic E-state index is -1.07. The standard InChI is InChI=1S/C14H11F2NO2/c1-19-14(18)9-4-2-8(3-5-9)10-6-7-11(17)13(16)12(10)15/h2-7H,17H2,1H3. The number of benzene rings is 2. The summed E-state index contributed by atoms with van der Waals surface area (Å²) in [6.45, 7) is 0. The molecule has 2 aromatic carbocycles. The van der Waals surface area contributed by atoms with E-state index in [0.717, 1.165) is 0 Å². The van der Waals surface area contributed by atoms with E-state index in [1.54, 1.807) is 0 Å². The van der Waals surface area contributed by atoms with Crippen LogP contribution >= 0.6 is 0 Å². The Morgan fingerprint density at radius 1 is 1.05 bits per heavy atom. The van der Waals surface area contributed by atoms with E-state index in [0.29, 0.717) is 11.1 Å². The van der Waals surface area contributed by atoms with Crippen LogP contribution in [0.5, 0.6) is 0 Å². The summed E-state index contributed by atoms with van der Waals surface area (Å²) in [6.07, 6.45) is 0. The third kappa shape index (κ3) is 2.40. The van der Waals surface area contributed by atoms with Crippen LogP contribution in [0.1, 0.15) is 10.4 Å². The molecular formula is C14H11F2NO2. The molecule has 2 aromatic rings. The van der Waals surface area contributed by atoms with Crippen molar-refractivity contribution in [3.63, 3.8) is 0 Å². The number of carbonyl (C=O) groups is 1. The van der Waals surface area contributed by atoms with Crippen LogP contribution < -0.4 is 5.73 Å². The maximum Gasteiger partial charge on any atom is 0.337 e. The van der Waals surface area contributed by atoms with Gasteiger partial charge in [-0.15, -0.1) is 0 Å². The van der Waals surface area contributed by atoms with Crippen molar-refractivity contribution in [1.29, 1.82) is 0 Å². The van der Waals surface area contributed by atoms with E-state index < -0.39 is 17.6 Å². The molecule has 0 spiro atoms. The average molecular weight is 263 g/mol. The Balaban J connectivity index is 2.43. The van der Waals surface area contributed by atoms with Crippen LogP contribution in [0, 0.1) is 11.6 Å². The van der Waals surface area contributed by atoms with Crippen molar-refractivity contribution in [2.75, 3.05) is 12.8 Å². The number of halogens is 2. The molecule has 0 amide bonds. The molecule has 0 unspecified atom stereocenters. The number of nitrogens with two attached hydrogens (primary N) is 1. The summed E-state index contributed by atoms with van der Waals surface area (Å²) in [6, 6.07) is 8.67. The van der Waals surface area contributed by atoms with Crippen LogP contribution in [0.25, 0.3) is 11.1 Å². The van der Waals surface area contributed by atoms with Gasteiger partial charge in [-0.05, 0) is 29.8 Å². The first-order chi connectivity index (χ1) is 9.04. The predicted molar refractivity (Wildman–Crippen MR) is 67.5 cm³/mol. The Hall–Kier alpha value is -2.43. The highest BCUT2D eigenvalue weighted by molar-refractivity contribution is 5.90. The van der Waals surface area contributed by atoms with Crippen LogP contribution in [0.15, 0.2) is 36.4 Å². The van der Waals surface area contributed by atoms with Crippen molar-refractivity contribution in [3.8, 4) is 11.1 Å². The number of carbonyl (C=O) groups excluding carboxylic acids is 1. The van der Waals surface area contributed by atoms with Crippen molar-refractivity contribution in [2.45, 2.75) is 0 Å². The van der Waals surface area contributed by atoms with Gasteiger partial charge in [-0.1, -0.05) is 12.1 Å². The van der Waals surface area contributed by atoms with Crippen LogP contribution in [0.2, 0.25) is 0 Å². The molecule has 0 aliphatic rings. The highest BCUT2D eigenvalue weighted by atomic mass is 19.2. The fraction of sp³-hybridized carbons (Fsp3) is 0.0714. The molecule has 2 rings (SSSR count). The molecule has 0 heterocycles. The predicted octanol–water partition coefficient (Wildman–Crippen LogP) is 3.00. The van der Waals surface area contributed by atoms with Gasteiger partial charge in [-0.3, -0.25) is 0 Å². The van der Waals surface area contributed by atoms with Gasteiger partial charge in [-0.25, -0.2) is 13.6 Å². The van der Waals surface area contributed by atoms with Gasteiger partial charge in [-0.2, -0.15) is 0 Å². The zero-order valence-electron chi connectivity index (χ0n) is 10.1. The van der Waals surface area contributed by atoms with E-state index in [9.17, 15) is 13.6 Å². The number of rotatable bonds is 2. The first-order valence-corrected chi connectivity index (χ1v) is 5.47. The second kappa shape index (κ2) is 5.06. The lowest BCUT2D eigenvalue weighted by Gasteiger charge is -2.07. The van der Waals surface area contributed by atoms with Gasteiger partial charge in [0.25, 0.3) is 0 Å². The van der Waals surface area contributed by atoms with Gasteiger partial charge in [0.1, 0.15) is 0 Å². The lowest BCUT2D eigenvalue weighted by atomic mass is 10.0. The van der Waals surface area contributed by atoms with Gasteiger partial charge in [0.05, 0.1) is 18.4 Å². The molecule has 0 fully saturated rings. The monoisotopic (exact) mass is 263 g/mol. The molecule has 0 aliphatic heterocycles. The largest absolute Gasteiger partial charge is 0.465 e. The smallest absolute Gasteiger partial charge is 0.337 e. The van der Waals surface area contributed by atoms with E-state index in [1.807, 2.05) is 0 Å². The Kier molecular flexibility index (Phi) is 3.46. The van der Waals surface area contributed by atoms with E-state index in [1.165, 1.54) is 43.5 Å². The molecule has 2 N–H and O–H groups in total. The Morgan fingerprint density at radius 3 is 2.26 bits per heavy atom. The number of anilines is 1. The summed E-state index contributed by atoms with van der Waals surface area (Å²) in [7, 11) is 1.27. The van der Waals surface area contributed by atoms with Crippen LogP contribution in [-0.2, 0) is 4.74 Å². The third-order valence-electron chi connectivity index (χ3n) is 2.73. The third-order valence-corrected chi connectivity index (χ3v) is 2.73. The Morgan fingerprint density at radius 2 is 1.68 bits per heavy atom. The molecule has 0 saturated carbocycles. The maximum absolute atomic E-state index is 13.7. The number of ether oxygens (including phenoxy) is 1. The normalized spacial score (nSPS) is 10.3. The quantitative estimate of drug-likeness (QED) is 0.669. The fourth-order valence-electron chi connectivity index (χ4n) is 1.69. The molecule has 0 saturated heterocycles. The molecule has 0 radical (unpaired) electrons. The summed E-state index contributed by atoms with van der Waals surface area (Å²) in [5, 5.41) is 0. The van der Waals surface area contributed by atoms with Gasteiger partial charge in [0.15, 0.2) is 11.6 Å². The molecular weight excluding hydrogens is 252 g/mol. The summed E-state index contributed by atoms with van der Waals surface area (Å²) in [4.78, 5) is 11.3. The Labute approximate surface area is 108 Å². The molecule has 0 aliphatic carbocycles. The van der Waals surface area contributed by atoms with E-state index in [2.05, 4.69) is 4.74 Å². The summed E-state index contributed by atoms with van der Waals surface area (Å²) in [5.74, 6) is -2.57. The summed E-state index contributed by atoms with van der Waals surface area (Å²) >= 11 is 0. The second-order valence-electron chi connectivity index (χ2n) is 3.90. The van der Waals surface area contributed by atoms with Crippen molar-refractivity contribution >= 4 is 11.7 Å². The molecule has 0 aromatic heterocycles. The van der Waals surface area contributed by atoms with Crippen molar-refractivity contribution in [3.05, 3.63) is 53.6 Å². The van der Waals surface area contributed by atoms with Crippen LogP contribution in [0.4, 0.5) is 14.5 Å². The maximum atomic E-state index is 13.7. The summed E-state index contributed by atoms with van der Waals surface area (Å²) in [5.41, 5.74) is 5.90. The topological polar surface area (TPSA) is 52.3 Å². The number of nitrogen functional groups attached to an aromatic ring is 1. The SMILES string of the molecule is COC(=O)c1ccc(-c2ccc(N)c(F)c2F)cc1. The van der Waals surface area contributed by atoms with Crippen LogP contribution in [-0.4, -0.2) is 13.1 Å². The Bertz CT molecular complexity index is 624. The fourth-order valence-corrected chi connectivity index (χ4v) is 1.69. The first-order valence-electron chi connectivity index (χ1n) is 5.47. The minimum Gasteiger partial charge on any atom is -0.465 e. The van der Waals surface area contributed by atoms with Gasteiger partial charge >= 0.3 is 5.97 Å². The highest BCUT2D eigenvalue weighted by Crippen LogP contribution is 2.27. The molecule has 3 nitrogen and oxygen atoms in total. The van der Waals surface area contributed by atoms with Crippen LogP contribution in [0.3, 0.4) is 0 Å². The summed E-state index contributed by atoms with van der Waals surface area (Å²) < 4.78 is 31.6. The van der Waals surface area contributed by atoms with E-state index in [4.69, 9.17) is 5.73 Å².